The highest BCUT2D eigenvalue weighted by Crippen LogP contribution is 2.32. The van der Waals surface area contributed by atoms with Gasteiger partial charge in [0.25, 0.3) is 0 Å². The van der Waals surface area contributed by atoms with Crippen molar-refractivity contribution in [1.82, 2.24) is 15.0 Å². The highest BCUT2D eigenvalue weighted by atomic mass is 16.6. The summed E-state index contributed by atoms with van der Waals surface area (Å²) in [7, 11) is 0. The van der Waals surface area contributed by atoms with Crippen LogP contribution in [0.25, 0.3) is 0 Å². The van der Waals surface area contributed by atoms with Crippen LogP contribution in [0.4, 0.5) is 28.8 Å². The highest BCUT2D eigenvalue weighted by Gasteiger charge is 2.23. The Balaban J connectivity index is 1.92. The average Bonchev–Trinajstić information content (AvgIpc) is 2.63. The molecular formula is C17H14N6O3. The first kappa shape index (κ1) is 17.0. The summed E-state index contributed by atoms with van der Waals surface area (Å²) in [5.74, 6) is 0.406. The van der Waals surface area contributed by atoms with E-state index in [9.17, 15) is 14.9 Å². The number of Topliss-reactive ketones (excluding diaryl/α,β-unsaturated/α-hetero) is 1. The molecule has 0 fully saturated rings. The molecule has 3 aromatic rings. The number of nitrogens with one attached hydrogen (secondary N) is 2. The molecular weight excluding hydrogens is 336 g/mol. The minimum absolute atomic E-state index is 0.0200. The van der Waals surface area contributed by atoms with Crippen LogP contribution in [0, 0.1) is 10.1 Å². The fourth-order valence-corrected chi connectivity index (χ4v) is 2.22. The van der Waals surface area contributed by atoms with Crippen LogP contribution in [0.5, 0.6) is 0 Å². The lowest BCUT2D eigenvalue weighted by Crippen LogP contribution is -2.06. The summed E-state index contributed by atoms with van der Waals surface area (Å²) >= 11 is 0. The number of hydrogen-bond acceptors (Lipinski definition) is 8. The van der Waals surface area contributed by atoms with Gasteiger partial charge in [-0.05, 0) is 43.3 Å². The van der Waals surface area contributed by atoms with Crippen LogP contribution in [-0.2, 0) is 0 Å². The smallest absolute Gasteiger partial charge is 0.334 e. The zero-order chi connectivity index (χ0) is 18.5. The number of nitrogens with zero attached hydrogens (tertiary/aromatic N) is 4. The highest BCUT2D eigenvalue weighted by molar-refractivity contribution is 5.94. The maximum Gasteiger partial charge on any atom is 0.353 e. The predicted molar refractivity (Wildman–Crippen MR) is 95.9 cm³/mol. The largest absolute Gasteiger partial charge is 0.353 e. The Morgan fingerprint density at radius 2 is 1.69 bits per heavy atom. The summed E-state index contributed by atoms with van der Waals surface area (Å²) in [5, 5.41) is 17.2. The molecule has 1 aromatic carbocycles. The second-order valence-corrected chi connectivity index (χ2v) is 5.28. The van der Waals surface area contributed by atoms with E-state index in [0.29, 0.717) is 17.1 Å². The lowest BCUT2D eigenvalue weighted by Gasteiger charge is -2.10. The van der Waals surface area contributed by atoms with Gasteiger partial charge in [0.1, 0.15) is 12.1 Å². The van der Waals surface area contributed by atoms with E-state index in [2.05, 4.69) is 25.6 Å². The third-order valence-corrected chi connectivity index (χ3v) is 3.47. The molecule has 130 valence electrons. The molecule has 0 unspecified atom stereocenters. The van der Waals surface area contributed by atoms with Gasteiger partial charge < -0.3 is 10.6 Å². The van der Waals surface area contributed by atoms with Crippen LogP contribution in [-0.4, -0.2) is 25.7 Å². The number of nitro groups is 1. The van der Waals surface area contributed by atoms with Crippen LogP contribution in [0.2, 0.25) is 0 Å². The van der Waals surface area contributed by atoms with Gasteiger partial charge in [-0.2, -0.15) is 0 Å². The Morgan fingerprint density at radius 3 is 2.27 bits per heavy atom. The second kappa shape index (κ2) is 7.34. The minimum atomic E-state index is -0.572. The van der Waals surface area contributed by atoms with E-state index in [-0.39, 0.29) is 23.1 Å². The molecule has 0 atom stereocenters. The number of anilines is 4. The molecule has 2 heterocycles. The van der Waals surface area contributed by atoms with Crippen molar-refractivity contribution in [3.05, 3.63) is 70.7 Å². The maximum atomic E-state index is 11.5. The lowest BCUT2D eigenvalue weighted by molar-refractivity contribution is -0.383. The summed E-state index contributed by atoms with van der Waals surface area (Å²) < 4.78 is 0. The summed E-state index contributed by atoms with van der Waals surface area (Å²) in [4.78, 5) is 34.3. The summed E-state index contributed by atoms with van der Waals surface area (Å²) in [6.07, 6.45) is 2.77. The van der Waals surface area contributed by atoms with E-state index >= 15 is 0 Å². The molecule has 2 N–H and O–H groups in total. The molecule has 0 saturated heterocycles. The van der Waals surface area contributed by atoms with Gasteiger partial charge in [-0.15, -0.1) is 0 Å². The zero-order valence-corrected chi connectivity index (χ0v) is 13.7. The Hall–Kier alpha value is -3.88. The Bertz CT molecular complexity index is 944. The van der Waals surface area contributed by atoms with Crippen molar-refractivity contribution < 1.29 is 9.72 Å². The third-order valence-electron chi connectivity index (χ3n) is 3.47. The predicted octanol–water partition coefficient (Wildman–Crippen LogP) is 3.47. The first-order valence-corrected chi connectivity index (χ1v) is 7.60. The SMILES string of the molecule is CC(=O)c1ccc(Nc2ncnc(Nc3ccccn3)c2[N+](=O)[O-])cc1. The molecule has 0 amide bonds. The van der Waals surface area contributed by atoms with Gasteiger partial charge in [-0.25, -0.2) is 15.0 Å². The fourth-order valence-electron chi connectivity index (χ4n) is 2.22. The van der Waals surface area contributed by atoms with Crippen LogP contribution in [0.1, 0.15) is 17.3 Å². The van der Waals surface area contributed by atoms with Gasteiger partial charge >= 0.3 is 5.69 Å². The molecule has 0 spiro atoms. The van der Waals surface area contributed by atoms with Crippen molar-refractivity contribution in [2.75, 3.05) is 10.6 Å². The normalized spacial score (nSPS) is 10.2. The molecule has 2 aromatic heterocycles. The maximum absolute atomic E-state index is 11.5. The van der Waals surface area contributed by atoms with Crippen LogP contribution in [0.15, 0.2) is 55.0 Å². The molecule has 9 nitrogen and oxygen atoms in total. The van der Waals surface area contributed by atoms with Crippen molar-refractivity contribution in [1.29, 1.82) is 0 Å². The molecule has 26 heavy (non-hydrogen) atoms. The van der Waals surface area contributed by atoms with E-state index < -0.39 is 4.92 Å². The van der Waals surface area contributed by atoms with Crippen molar-refractivity contribution in [2.24, 2.45) is 0 Å². The Labute approximate surface area is 148 Å². The van der Waals surface area contributed by atoms with Gasteiger partial charge in [0, 0.05) is 17.4 Å². The number of benzene rings is 1. The summed E-state index contributed by atoms with van der Waals surface area (Å²) in [6, 6.07) is 11.7. The van der Waals surface area contributed by atoms with Gasteiger partial charge in [-0.1, -0.05) is 6.07 Å². The van der Waals surface area contributed by atoms with E-state index in [1.807, 2.05) is 0 Å². The van der Waals surface area contributed by atoms with Crippen LogP contribution in [0.3, 0.4) is 0 Å². The molecule has 0 bridgehead atoms. The molecule has 0 aliphatic carbocycles. The fraction of sp³-hybridized carbons (Fsp3) is 0.0588. The topological polar surface area (TPSA) is 123 Å². The van der Waals surface area contributed by atoms with Gasteiger partial charge in [0.2, 0.25) is 11.6 Å². The number of ketones is 1. The molecule has 9 heteroatoms. The monoisotopic (exact) mass is 350 g/mol. The van der Waals surface area contributed by atoms with Crippen molar-refractivity contribution in [3.63, 3.8) is 0 Å². The first-order valence-electron chi connectivity index (χ1n) is 7.60. The summed E-state index contributed by atoms with van der Waals surface area (Å²) in [6.45, 7) is 1.47. The van der Waals surface area contributed by atoms with Gasteiger partial charge in [0.05, 0.1) is 4.92 Å². The Morgan fingerprint density at radius 1 is 1.00 bits per heavy atom. The minimum Gasteiger partial charge on any atom is -0.334 e. The Kier molecular flexibility index (Phi) is 4.79. The number of pyridine rings is 1. The van der Waals surface area contributed by atoms with Crippen molar-refractivity contribution in [2.45, 2.75) is 6.92 Å². The van der Waals surface area contributed by atoms with Crippen molar-refractivity contribution in [3.8, 4) is 0 Å². The third kappa shape index (κ3) is 3.78. The second-order valence-electron chi connectivity index (χ2n) is 5.28. The van der Waals surface area contributed by atoms with E-state index in [4.69, 9.17) is 0 Å². The number of aromatic nitrogens is 3. The van der Waals surface area contributed by atoms with Crippen LogP contribution < -0.4 is 10.6 Å². The van der Waals surface area contributed by atoms with E-state index in [0.717, 1.165) is 0 Å². The van der Waals surface area contributed by atoms with Gasteiger partial charge in [0.15, 0.2) is 5.78 Å². The lowest BCUT2D eigenvalue weighted by atomic mass is 10.1. The van der Waals surface area contributed by atoms with E-state index in [1.165, 1.54) is 13.3 Å². The van der Waals surface area contributed by atoms with Crippen LogP contribution >= 0.6 is 0 Å². The number of rotatable bonds is 6. The molecule has 0 aliphatic rings. The van der Waals surface area contributed by atoms with E-state index in [1.54, 1.807) is 48.7 Å². The number of carbonyl (C=O) groups is 1. The number of hydrogen-bond donors (Lipinski definition) is 2. The first-order chi connectivity index (χ1) is 12.5. The quantitative estimate of drug-likeness (QED) is 0.393. The average molecular weight is 350 g/mol. The standard InChI is InChI=1S/C17H14N6O3/c1-11(24)12-5-7-13(8-6-12)21-16-15(23(25)26)17(20-10-19-16)22-14-4-2-3-9-18-14/h2-10H,1H3,(H2,18,19,20,21,22). The molecule has 0 saturated carbocycles. The summed E-state index contributed by atoms with van der Waals surface area (Å²) in [5.41, 5.74) is 0.791. The van der Waals surface area contributed by atoms with Gasteiger partial charge in [-0.3, -0.25) is 14.9 Å². The van der Waals surface area contributed by atoms with Crippen molar-refractivity contribution >= 4 is 34.6 Å². The molecule has 3 rings (SSSR count). The zero-order valence-electron chi connectivity index (χ0n) is 13.7. The molecule has 0 aliphatic heterocycles. The molecule has 0 radical (unpaired) electrons. The number of carbonyl (C=O) groups excluding carboxylic acids is 1.